The summed E-state index contributed by atoms with van der Waals surface area (Å²) in [6, 6.07) is 14.1. The minimum atomic E-state index is -0.304. The van der Waals surface area contributed by atoms with Gasteiger partial charge in [-0.25, -0.2) is 14.4 Å². The van der Waals surface area contributed by atoms with Crippen molar-refractivity contribution in [3.8, 4) is 21.7 Å². The normalized spacial score (nSPS) is 16.1. The zero-order valence-electron chi connectivity index (χ0n) is 18.6. The van der Waals surface area contributed by atoms with Gasteiger partial charge in [-0.2, -0.15) is 0 Å². The molecule has 1 aliphatic heterocycles. The van der Waals surface area contributed by atoms with E-state index in [1.807, 2.05) is 36.1 Å². The molecule has 2 aromatic carbocycles. The van der Waals surface area contributed by atoms with Gasteiger partial charge in [0.1, 0.15) is 23.5 Å². The Morgan fingerprint density at radius 3 is 2.76 bits per heavy atom. The standard InChI is InChI=1S/C26H23BrFN3O2S/c1-16-29-24(25(34-16)17-9-11-18(28)12-10-17)26(32)31-13-5-4-6-19(31)14-23-30-22(15-33-23)20-7-2-3-8-21(20)27/h2-3,7-12,15,19H,4-6,13-14H2,1H3/t19-/m0/s1. The van der Waals surface area contributed by atoms with Crippen LogP contribution in [0.1, 0.15) is 40.6 Å². The average Bonchev–Trinajstić information content (AvgIpc) is 3.46. The molecular formula is C26H23BrFN3O2S. The quantitative estimate of drug-likeness (QED) is 0.276. The van der Waals surface area contributed by atoms with Gasteiger partial charge in [0.05, 0.1) is 9.88 Å². The van der Waals surface area contributed by atoms with E-state index in [1.54, 1.807) is 18.4 Å². The Bertz CT molecular complexity index is 1320. The Morgan fingerprint density at radius 1 is 1.18 bits per heavy atom. The smallest absolute Gasteiger partial charge is 0.274 e. The third-order valence-electron chi connectivity index (χ3n) is 6.04. The number of benzene rings is 2. The molecule has 1 saturated heterocycles. The van der Waals surface area contributed by atoms with Crippen LogP contribution >= 0.6 is 27.3 Å². The molecule has 0 bridgehead atoms. The molecule has 0 aliphatic carbocycles. The first-order chi connectivity index (χ1) is 16.5. The first kappa shape index (κ1) is 22.9. The Morgan fingerprint density at radius 2 is 1.97 bits per heavy atom. The zero-order valence-corrected chi connectivity index (χ0v) is 21.0. The van der Waals surface area contributed by atoms with Gasteiger partial charge in [0.25, 0.3) is 5.91 Å². The Kier molecular flexibility index (Phi) is 6.61. The molecule has 1 atom stereocenters. The third kappa shape index (κ3) is 4.70. The SMILES string of the molecule is Cc1nc(C(=O)N2CCCC[C@H]2Cc2nc(-c3ccccc3Br)co2)c(-c2ccc(F)cc2)s1. The Labute approximate surface area is 209 Å². The number of carbonyl (C=O) groups is 1. The molecule has 4 aromatic rings. The number of hydrogen-bond acceptors (Lipinski definition) is 5. The zero-order chi connectivity index (χ0) is 23.7. The highest BCUT2D eigenvalue weighted by atomic mass is 79.9. The second-order valence-corrected chi connectivity index (χ2v) is 10.4. The molecule has 5 nitrogen and oxygen atoms in total. The molecule has 1 aliphatic rings. The molecule has 0 spiro atoms. The number of halogens is 2. The second-order valence-electron chi connectivity index (χ2n) is 8.38. The number of rotatable bonds is 5. The summed E-state index contributed by atoms with van der Waals surface area (Å²) in [5, 5.41) is 0.807. The largest absolute Gasteiger partial charge is 0.448 e. The van der Waals surface area contributed by atoms with Crippen LogP contribution in [0.5, 0.6) is 0 Å². The van der Waals surface area contributed by atoms with E-state index >= 15 is 0 Å². The van der Waals surface area contributed by atoms with E-state index in [9.17, 15) is 9.18 Å². The Balaban J connectivity index is 1.39. The molecule has 34 heavy (non-hydrogen) atoms. The van der Waals surface area contributed by atoms with Crippen molar-refractivity contribution < 1.29 is 13.6 Å². The lowest BCUT2D eigenvalue weighted by Gasteiger charge is -2.35. The highest BCUT2D eigenvalue weighted by molar-refractivity contribution is 9.10. The lowest BCUT2D eigenvalue weighted by molar-refractivity contribution is 0.0601. The van der Waals surface area contributed by atoms with Gasteiger partial charge < -0.3 is 9.32 Å². The van der Waals surface area contributed by atoms with Crippen LogP contribution in [0.3, 0.4) is 0 Å². The molecule has 3 heterocycles. The summed E-state index contributed by atoms with van der Waals surface area (Å²) in [5.41, 5.74) is 2.97. The number of hydrogen-bond donors (Lipinski definition) is 0. The van der Waals surface area contributed by atoms with Gasteiger partial charge in [-0.15, -0.1) is 11.3 Å². The predicted molar refractivity (Wildman–Crippen MR) is 134 cm³/mol. The lowest BCUT2D eigenvalue weighted by atomic mass is 9.98. The highest BCUT2D eigenvalue weighted by Crippen LogP contribution is 2.33. The fourth-order valence-corrected chi connectivity index (χ4v) is 5.79. The Hall–Kier alpha value is -2.84. The molecule has 174 valence electrons. The second kappa shape index (κ2) is 9.80. The molecule has 0 unspecified atom stereocenters. The van der Waals surface area contributed by atoms with Gasteiger partial charge in [0.15, 0.2) is 5.89 Å². The molecule has 2 aromatic heterocycles. The van der Waals surface area contributed by atoms with Crippen LogP contribution in [0.2, 0.25) is 0 Å². The van der Waals surface area contributed by atoms with Crippen LogP contribution in [-0.2, 0) is 6.42 Å². The summed E-state index contributed by atoms with van der Waals surface area (Å²) < 4.78 is 20.2. The number of amides is 1. The summed E-state index contributed by atoms with van der Waals surface area (Å²) in [5.74, 6) is 0.219. The maximum Gasteiger partial charge on any atom is 0.274 e. The minimum absolute atomic E-state index is 0.0185. The first-order valence-corrected chi connectivity index (χ1v) is 12.8. The highest BCUT2D eigenvalue weighted by Gasteiger charge is 2.32. The molecule has 1 fully saturated rings. The molecule has 1 amide bonds. The molecular weight excluding hydrogens is 517 g/mol. The number of aromatic nitrogens is 2. The monoisotopic (exact) mass is 539 g/mol. The van der Waals surface area contributed by atoms with Gasteiger partial charge in [0.2, 0.25) is 0 Å². The number of aryl methyl sites for hydroxylation is 1. The van der Waals surface area contributed by atoms with Crippen LogP contribution in [0, 0.1) is 12.7 Å². The van der Waals surface area contributed by atoms with Crippen molar-refractivity contribution in [2.75, 3.05) is 6.54 Å². The van der Waals surface area contributed by atoms with Crippen LogP contribution < -0.4 is 0 Å². The van der Waals surface area contributed by atoms with E-state index in [2.05, 4.69) is 20.9 Å². The number of likely N-dealkylation sites (tertiary alicyclic amines) is 1. The maximum absolute atomic E-state index is 13.7. The van der Waals surface area contributed by atoms with Crippen molar-refractivity contribution in [3.05, 3.63) is 81.7 Å². The van der Waals surface area contributed by atoms with E-state index in [1.165, 1.54) is 23.5 Å². The average molecular weight is 540 g/mol. The number of carbonyl (C=O) groups excluding carboxylic acids is 1. The summed E-state index contributed by atoms with van der Waals surface area (Å²) in [4.78, 5) is 25.6. The van der Waals surface area contributed by atoms with Crippen molar-refractivity contribution in [2.24, 2.45) is 0 Å². The molecule has 0 radical (unpaired) electrons. The van der Waals surface area contributed by atoms with Gasteiger partial charge in [-0.1, -0.05) is 46.3 Å². The topological polar surface area (TPSA) is 59.2 Å². The van der Waals surface area contributed by atoms with Gasteiger partial charge >= 0.3 is 0 Å². The van der Waals surface area contributed by atoms with E-state index in [4.69, 9.17) is 9.40 Å². The fourth-order valence-electron chi connectivity index (χ4n) is 4.38. The summed E-state index contributed by atoms with van der Waals surface area (Å²) in [6.07, 6.45) is 5.09. The number of thiazole rings is 1. The van der Waals surface area contributed by atoms with E-state index in [0.717, 1.165) is 50.4 Å². The molecule has 0 N–H and O–H groups in total. The van der Waals surface area contributed by atoms with Crippen LogP contribution in [-0.4, -0.2) is 33.4 Å². The molecule has 8 heteroatoms. The number of piperidine rings is 1. The minimum Gasteiger partial charge on any atom is -0.448 e. The van der Waals surface area contributed by atoms with Crippen LogP contribution in [0.4, 0.5) is 4.39 Å². The lowest BCUT2D eigenvalue weighted by Crippen LogP contribution is -2.45. The predicted octanol–water partition coefficient (Wildman–Crippen LogP) is 6.91. The molecule has 0 saturated carbocycles. The van der Waals surface area contributed by atoms with E-state index in [-0.39, 0.29) is 17.8 Å². The van der Waals surface area contributed by atoms with Gasteiger partial charge in [-0.3, -0.25) is 4.79 Å². The number of oxazole rings is 1. The van der Waals surface area contributed by atoms with Crippen molar-refractivity contribution in [1.82, 2.24) is 14.9 Å². The van der Waals surface area contributed by atoms with Gasteiger partial charge in [-0.05, 0) is 49.9 Å². The van der Waals surface area contributed by atoms with E-state index < -0.39 is 0 Å². The third-order valence-corrected chi connectivity index (χ3v) is 7.75. The summed E-state index contributed by atoms with van der Waals surface area (Å²) >= 11 is 5.02. The summed E-state index contributed by atoms with van der Waals surface area (Å²) in [6.45, 7) is 2.55. The first-order valence-electron chi connectivity index (χ1n) is 11.2. The molecule has 5 rings (SSSR count). The van der Waals surface area contributed by atoms with Gasteiger partial charge in [0, 0.05) is 29.0 Å². The van der Waals surface area contributed by atoms with Crippen molar-refractivity contribution in [1.29, 1.82) is 0 Å². The van der Waals surface area contributed by atoms with Crippen molar-refractivity contribution in [3.63, 3.8) is 0 Å². The van der Waals surface area contributed by atoms with Crippen LogP contribution in [0.15, 0.2) is 63.7 Å². The maximum atomic E-state index is 13.7. The van der Waals surface area contributed by atoms with E-state index in [0.29, 0.717) is 24.6 Å². The van der Waals surface area contributed by atoms with Crippen molar-refractivity contribution >= 4 is 33.2 Å². The van der Waals surface area contributed by atoms with Crippen LogP contribution in [0.25, 0.3) is 21.7 Å². The number of nitrogens with zero attached hydrogens (tertiary/aromatic N) is 3. The summed E-state index contributed by atoms with van der Waals surface area (Å²) in [7, 11) is 0. The fraction of sp³-hybridized carbons (Fsp3) is 0.269. The van der Waals surface area contributed by atoms with Crippen molar-refractivity contribution in [2.45, 2.75) is 38.6 Å².